The summed E-state index contributed by atoms with van der Waals surface area (Å²) in [5.41, 5.74) is -0.580. The Morgan fingerprint density at radius 2 is 1.79 bits per heavy atom. The van der Waals surface area contributed by atoms with Crippen LogP contribution < -0.4 is 10.2 Å². The van der Waals surface area contributed by atoms with E-state index in [-0.39, 0.29) is 16.3 Å². The van der Waals surface area contributed by atoms with E-state index in [1.165, 1.54) is 6.07 Å². The molecule has 0 aliphatic heterocycles. The molecule has 8 heteroatoms. The van der Waals surface area contributed by atoms with E-state index in [2.05, 4.69) is 5.32 Å². The second-order valence-corrected chi connectivity index (χ2v) is 5.61. The number of nitrogens with one attached hydrogen (secondary N) is 1. The number of benzene rings is 2. The zero-order valence-electron chi connectivity index (χ0n) is 12.7. The van der Waals surface area contributed by atoms with Gasteiger partial charge >= 0.3 is 6.18 Å². The molecule has 0 saturated carbocycles. The van der Waals surface area contributed by atoms with E-state index in [9.17, 15) is 22.4 Å². The maximum absolute atomic E-state index is 13.0. The zero-order valence-corrected chi connectivity index (χ0v) is 13.5. The average molecular weight is 361 g/mol. The lowest BCUT2D eigenvalue weighted by Gasteiger charge is -2.20. The van der Waals surface area contributed by atoms with Crippen molar-refractivity contribution in [1.82, 2.24) is 0 Å². The van der Waals surface area contributed by atoms with Crippen molar-refractivity contribution in [3.05, 3.63) is 58.4 Å². The van der Waals surface area contributed by atoms with Crippen LogP contribution in [0.15, 0.2) is 36.4 Å². The molecule has 0 fully saturated rings. The normalized spacial score (nSPS) is 11.3. The smallest absolute Gasteiger partial charge is 0.376 e. The number of alkyl halides is 3. The number of carbonyl (C=O) groups is 1. The van der Waals surface area contributed by atoms with Crippen LogP contribution in [0, 0.1) is 5.82 Å². The lowest BCUT2D eigenvalue weighted by atomic mass is 10.1. The van der Waals surface area contributed by atoms with Crippen molar-refractivity contribution in [2.75, 3.05) is 24.3 Å². The van der Waals surface area contributed by atoms with Gasteiger partial charge in [0.25, 0.3) is 5.91 Å². The van der Waals surface area contributed by atoms with Gasteiger partial charge in [0.1, 0.15) is 5.82 Å². The Bertz CT molecular complexity index is 775. The Hall–Kier alpha value is -2.28. The number of rotatable bonds is 3. The molecule has 0 bridgehead atoms. The van der Waals surface area contributed by atoms with Crippen LogP contribution in [0.5, 0.6) is 0 Å². The summed E-state index contributed by atoms with van der Waals surface area (Å²) in [5, 5.41) is 2.26. The number of amides is 1. The van der Waals surface area contributed by atoms with Gasteiger partial charge in [-0.2, -0.15) is 13.2 Å². The predicted molar refractivity (Wildman–Crippen MR) is 85.1 cm³/mol. The van der Waals surface area contributed by atoms with Crippen molar-refractivity contribution in [1.29, 1.82) is 0 Å². The van der Waals surface area contributed by atoms with Crippen molar-refractivity contribution in [3.8, 4) is 0 Å². The number of halogens is 5. The van der Waals surface area contributed by atoms with Crippen LogP contribution in [0.1, 0.15) is 15.9 Å². The molecule has 128 valence electrons. The standard InChI is InChI=1S/C16H13ClF4N2O/c1-23(2)14-6-3-9(16(19,20)21)7-13(14)22-15(24)11-5-4-10(18)8-12(11)17/h3-8H,1-2H3,(H,22,24). The first-order valence-electron chi connectivity index (χ1n) is 6.74. The van der Waals surface area contributed by atoms with E-state index in [0.29, 0.717) is 5.69 Å². The summed E-state index contributed by atoms with van der Waals surface area (Å²) in [4.78, 5) is 13.8. The summed E-state index contributed by atoms with van der Waals surface area (Å²) < 4.78 is 51.7. The van der Waals surface area contributed by atoms with Crippen molar-refractivity contribution >= 4 is 28.9 Å². The Balaban J connectivity index is 2.41. The lowest BCUT2D eigenvalue weighted by molar-refractivity contribution is -0.137. The third kappa shape index (κ3) is 3.97. The van der Waals surface area contributed by atoms with Crippen LogP contribution in [0.2, 0.25) is 5.02 Å². The minimum absolute atomic E-state index is 0.0276. The largest absolute Gasteiger partial charge is 0.416 e. The van der Waals surface area contributed by atoms with E-state index in [1.807, 2.05) is 0 Å². The molecule has 2 aromatic rings. The van der Waals surface area contributed by atoms with Gasteiger partial charge < -0.3 is 10.2 Å². The molecule has 0 radical (unpaired) electrons. The molecule has 0 spiro atoms. The second-order valence-electron chi connectivity index (χ2n) is 5.20. The van der Waals surface area contributed by atoms with E-state index in [4.69, 9.17) is 11.6 Å². The van der Waals surface area contributed by atoms with Gasteiger partial charge in [0, 0.05) is 14.1 Å². The maximum Gasteiger partial charge on any atom is 0.416 e. The van der Waals surface area contributed by atoms with Crippen LogP contribution >= 0.6 is 11.6 Å². The summed E-state index contributed by atoms with van der Waals surface area (Å²) in [6, 6.07) is 6.18. The van der Waals surface area contributed by atoms with Gasteiger partial charge in [0.2, 0.25) is 0 Å². The first-order chi connectivity index (χ1) is 11.1. The van der Waals surface area contributed by atoms with Crippen molar-refractivity contribution in [2.45, 2.75) is 6.18 Å². The molecular weight excluding hydrogens is 348 g/mol. The number of hydrogen-bond donors (Lipinski definition) is 1. The molecule has 0 aliphatic carbocycles. The highest BCUT2D eigenvalue weighted by atomic mass is 35.5. The highest BCUT2D eigenvalue weighted by Crippen LogP contribution is 2.35. The molecule has 2 aromatic carbocycles. The molecule has 24 heavy (non-hydrogen) atoms. The molecule has 3 nitrogen and oxygen atoms in total. The van der Waals surface area contributed by atoms with Crippen molar-refractivity contribution < 1.29 is 22.4 Å². The van der Waals surface area contributed by atoms with E-state index in [1.54, 1.807) is 19.0 Å². The van der Waals surface area contributed by atoms with Gasteiger partial charge in [-0.1, -0.05) is 11.6 Å². The first-order valence-corrected chi connectivity index (χ1v) is 7.12. The van der Waals surface area contributed by atoms with E-state index in [0.717, 1.165) is 30.3 Å². The summed E-state index contributed by atoms with van der Waals surface area (Å²) in [6.07, 6.45) is -4.54. The highest BCUT2D eigenvalue weighted by Gasteiger charge is 2.31. The SMILES string of the molecule is CN(C)c1ccc(C(F)(F)F)cc1NC(=O)c1ccc(F)cc1Cl. The third-order valence-electron chi connectivity index (χ3n) is 3.23. The summed E-state index contributed by atoms with van der Waals surface area (Å²) >= 11 is 5.81. The number of nitrogens with zero attached hydrogens (tertiary/aromatic N) is 1. The van der Waals surface area contributed by atoms with Gasteiger partial charge in [-0.15, -0.1) is 0 Å². The summed E-state index contributed by atoms with van der Waals surface area (Å²) in [7, 11) is 3.26. The molecule has 1 amide bonds. The van der Waals surface area contributed by atoms with Crippen LogP contribution in [0.25, 0.3) is 0 Å². The molecule has 0 aromatic heterocycles. The van der Waals surface area contributed by atoms with Gasteiger partial charge in [0.15, 0.2) is 0 Å². The lowest BCUT2D eigenvalue weighted by Crippen LogP contribution is -2.18. The Labute approximate surface area is 140 Å². The predicted octanol–water partition coefficient (Wildman–Crippen LogP) is 4.82. The molecule has 0 saturated heterocycles. The van der Waals surface area contributed by atoms with E-state index >= 15 is 0 Å². The van der Waals surface area contributed by atoms with Crippen molar-refractivity contribution in [3.63, 3.8) is 0 Å². The summed E-state index contributed by atoms with van der Waals surface area (Å²) in [6.45, 7) is 0. The third-order valence-corrected chi connectivity index (χ3v) is 3.54. The van der Waals surface area contributed by atoms with Gasteiger partial charge in [-0.3, -0.25) is 4.79 Å². The monoisotopic (exact) mass is 360 g/mol. The minimum atomic E-state index is -4.54. The fourth-order valence-corrected chi connectivity index (χ4v) is 2.32. The quantitative estimate of drug-likeness (QED) is 0.796. The number of anilines is 2. The molecular formula is C16H13ClF4N2O. The number of hydrogen-bond acceptors (Lipinski definition) is 2. The molecule has 0 atom stereocenters. The molecule has 0 heterocycles. The molecule has 0 aliphatic rings. The fourth-order valence-electron chi connectivity index (χ4n) is 2.07. The average Bonchev–Trinajstić information content (AvgIpc) is 2.45. The van der Waals surface area contributed by atoms with Crippen LogP contribution in [-0.4, -0.2) is 20.0 Å². The maximum atomic E-state index is 13.0. The Morgan fingerprint density at radius 1 is 1.12 bits per heavy atom. The van der Waals surface area contributed by atoms with E-state index < -0.39 is 23.5 Å². The topological polar surface area (TPSA) is 32.3 Å². The molecule has 1 N–H and O–H groups in total. The summed E-state index contributed by atoms with van der Waals surface area (Å²) in [5.74, 6) is -1.35. The highest BCUT2D eigenvalue weighted by molar-refractivity contribution is 6.34. The second kappa shape index (κ2) is 6.68. The van der Waals surface area contributed by atoms with Gasteiger partial charge in [-0.05, 0) is 36.4 Å². The fraction of sp³-hybridized carbons (Fsp3) is 0.188. The molecule has 0 unspecified atom stereocenters. The van der Waals surface area contributed by atoms with Crippen molar-refractivity contribution in [2.24, 2.45) is 0 Å². The van der Waals surface area contributed by atoms with Crippen LogP contribution in [0.3, 0.4) is 0 Å². The minimum Gasteiger partial charge on any atom is -0.376 e. The van der Waals surface area contributed by atoms with Crippen LogP contribution in [-0.2, 0) is 6.18 Å². The molecule has 2 rings (SSSR count). The van der Waals surface area contributed by atoms with Crippen LogP contribution in [0.4, 0.5) is 28.9 Å². The van der Waals surface area contributed by atoms with Gasteiger partial charge in [-0.25, -0.2) is 4.39 Å². The first kappa shape index (κ1) is 18.1. The van der Waals surface area contributed by atoms with Gasteiger partial charge in [0.05, 0.1) is 27.5 Å². The number of carbonyl (C=O) groups excluding carboxylic acids is 1. The Kier molecular flexibility index (Phi) is 5.03. The Morgan fingerprint density at radius 3 is 2.33 bits per heavy atom. The zero-order chi connectivity index (χ0) is 18.1.